The molecule has 1 fully saturated rings. The van der Waals surface area contributed by atoms with Crippen molar-refractivity contribution in [3.63, 3.8) is 0 Å². The van der Waals surface area contributed by atoms with E-state index in [9.17, 15) is 13.2 Å². The summed E-state index contributed by atoms with van der Waals surface area (Å²) in [5, 5.41) is 3.26. The van der Waals surface area contributed by atoms with Gasteiger partial charge < -0.3 is 10.2 Å². The van der Waals surface area contributed by atoms with Crippen LogP contribution in [-0.2, 0) is 10.0 Å². The Labute approximate surface area is 199 Å². The van der Waals surface area contributed by atoms with Crippen molar-refractivity contribution in [1.82, 2.24) is 14.5 Å². The third kappa shape index (κ3) is 6.51. The molecule has 1 N–H and O–H groups in total. The predicted molar refractivity (Wildman–Crippen MR) is 133 cm³/mol. The number of benzene rings is 2. The molecule has 3 rings (SSSR count). The van der Waals surface area contributed by atoms with Crippen molar-refractivity contribution in [2.75, 3.05) is 40.3 Å². The standard InChI is InChI=1S/C26H37N3O3S/c1-19-9-11-22(12-10-19)25(28(4)5)15-27-16-26(30)23-7-6-8-24(14-23)33(31,32)29-17-20(2)13-21(3)18-29/h6-12,14,20-21,25,27H,13,15-18H2,1-5H3. The van der Waals surface area contributed by atoms with Crippen molar-refractivity contribution in [3.8, 4) is 0 Å². The first-order chi connectivity index (χ1) is 15.6. The highest BCUT2D eigenvalue weighted by molar-refractivity contribution is 7.89. The Morgan fingerprint density at radius 2 is 1.73 bits per heavy atom. The summed E-state index contributed by atoms with van der Waals surface area (Å²) in [6.45, 7) is 8.05. The minimum Gasteiger partial charge on any atom is -0.308 e. The molecule has 1 aliphatic heterocycles. The van der Waals surface area contributed by atoms with Crippen LogP contribution in [0.1, 0.15) is 47.8 Å². The second-order valence-corrected chi connectivity index (χ2v) is 11.7. The number of carbonyl (C=O) groups is 1. The Hall–Kier alpha value is -2.06. The number of nitrogens with zero attached hydrogens (tertiary/aromatic N) is 2. The zero-order valence-electron chi connectivity index (χ0n) is 20.4. The summed E-state index contributed by atoms with van der Waals surface area (Å²) in [5.41, 5.74) is 2.81. The lowest BCUT2D eigenvalue weighted by Crippen LogP contribution is -2.42. The van der Waals surface area contributed by atoms with E-state index < -0.39 is 10.0 Å². The second kappa shape index (κ2) is 10.9. The highest BCUT2D eigenvalue weighted by atomic mass is 32.2. The molecule has 1 aliphatic rings. The maximum absolute atomic E-state index is 13.2. The number of carbonyl (C=O) groups excluding carboxylic acids is 1. The Balaban J connectivity index is 1.66. The van der Waals surface area contributed by atoms with Crippen molar-refractivity contribution in [3.05, 3.63) is 65.2 Å². The van der Waals surface area contributed by atoms with Gasteiger partial charge in [-0.2, -0.15) is 4.31 Å². The molecule has 0 amide bonds. The van der Waals surface area contributed by atoms with Crippen molar-refractivity contribution >= 4 is 15.8 Å². The third-order valence-corrected chi connectivity index (χ3v) is 8.17. The molecule has 1 heterocycles. The van der Waals surface area contributed by atoms with Crippen molar-refractivity contribution < 1.29 is 13.2 Å². The SMILES string of the molecule is Cc1ccc(C(CNCC(=O)c2cccc(S(=O)(=O)N3CC(C)CC(C)C3)c2)N(C)C)cc1. The number of hydrogen-bond donors (Lipinski definition) is 1. The zero-order chi connectivity index (χ0) is 24.2. The first kappa shape index (κ1) is 25.6. The summed E-state index contributed by atoms with van der Waals surface area (Å²) in [6, 6.07) is 15.0. The molecular weight excluding hydrogens is 434 g/mol. The van der Waals surface area contributed by atoms with Crippen LogP contribution in [-0.4, -0.2) is 63.7 Å². The number of nitrogens with one attached hydrogen (secondary N) is 1. The van der Waals surface area contributed by atoms with Gasteiger partial charge in [0, 0.05) is 31.2 Å². The van der Waals surface area contributed by atoms with E-state index in [0.717, 1.165) is 6.42 Å². The molecule has 0 saturated carbocycles. The minimum atomic E-state index is -3.61. The second-order valence-electron chi connectivity index (χ2n) is 9.74. The molecule has 0 radical (unpaired) electrons. The molecule has 3 atom stereocenters. The molecule has 180 valence electrons. The average Bonchev–Trinajstić information content (AvgIpc) is 2.76. The fraction of sp³-hybridized carbons (Fsp3) is 0.500. The molecule has 3 unspecified atom stereocenters. The van der Waals surface area contributed by atoms with Crippen LogP contribution >= 0.6 is 0 Å². The number of sulfonamides is 1. The quantitative estimate of drug-likeness (QED) is 0.564. The van der Waals surface area contributed by atoms with Crippen molar-refractivity contribution in [1.29, 1.82) is 0 Å². The zero-order valence-corrected chi connectivity index (χ0v) is 21.2. The van der Waals surface area contributed by atoms with Gasteiger partial charge >= 0.3 is 0 Å². The predicted octanol–water partition coefficient (Wildman–Crippen LogP) is 3.74. The number of Topliss-reactive ketones (excluding diaryl/α,β-unsaturated/α-hetero) is 1. The molecule has 0 aliphatic carbocycles. The first-order valence-corrected chi connectivity index (χ1v) is 13.1. The maximum Gasteiger partial charge on any atom is 0.243 e. The van der Waals surface area contributed by atoms with Crippen LogP contribution in [0.4, 0.5) is 0 Å². The van der Waals surface area contributed by atoms with E-state index in [2.05, 4.69) is 55.3 Å². The average molecular weight is 472 g/mol. The molecule has 33 heavy (non-hydrogen) atoms. The van der Waals surface area contributed by atoms with E-state index in [1.165, 1.54) is 17.2 Å². The first-order valence-electron chi connectivity index (χ1n) is 11.6. The van der Waals surface area contributed by atoms with Gasteiger partial charge in [0.05, 0.1) is 11.4 Å². The van der Waals surface area contributed by atoms with Crippen LogP contribution in [0.2, 0.25) is 0 Å². The highest BCUT2D eigenvalue weighted by Gasteiger charge is 2.32. The molecule has 0 aromatic heterocycles. The topological polar surface area (TPSA) is 69.7 Å². The molecule has 1 saturated heterocycles. The molecule has 0 spiro atoms. The van der Waals surface area contributed by atoms with Gasteiger partial charge in [0.1, 0.15) is 0 Å². The Morgan fingerprint density at radius 1 is 1.09 bits per heavy atom. The molecular formula is C26H37N3O3S. The van der Waals surface area contributed by atoms with Gasteiger partial charge in [-0.3, -0.25) is 4.79 Å². The number of hydrogen-bond acceptors (Lipinski definition) is 5. The van der Waals surface area contributed by atoms with E-state index in [1.54, 1.807) is 22.5 Å². The molecule has 2 aromatic carbocycles. The van der Waals surface area contributed by atoms with Gasteiger partial charge in [-0.05, 0) is 57.0 Å². The van der Waals surface area contributed by atoms with Gasteiger partial charge in [-0.15, -0.1) is 0 Å². The normalized spacial score (nSPS) is 20.7. The van der Waals surface area contributed by atoms with Gasteiger partial charge in [0.15, 0.2) is 5.78 Å². The Kier molecular flexibility index (Phi) is 8.45. The van der Waals surface area contributed by atoms with Crippen LogP contribution in [0.15, 0.2) is 53.4 Å². The van der Waals surface area contributed by atoms with Gasteiger partial charge in [-0.25, -0.2) is 8.42 Å². The lowest BCUT2D eigenvalue weighted by molar-refractivity contribution is 0.0988. The molecule has 6 nitrogen and oxygen atoms in total. The van der Waals surface area contributed by atoms with E-state index in [-0.39, 0.29) is 23.3 Å². The summed E-state index contributed by atoms with van der Waals surface area (Å²) >= 11 is 0. The summed E-state index contributed by atoms with van der Waals surface area (Å²) < 4.78 is 28.0. The fourth-order valence-corrected chi connectivity index (χ4v) is 6.32. The summed E-state index contributed by atoms with van der Waals surface area (Å²) in [6.07, 6.45) is 1.03. The van der Waals surface area contributed by atoms with Crippen molar-refractivity contribution in [2.45, 2.75) is 38.1 Å². The van der Waals surface area contributed by atoms with Crippen LogP contribution < -0.4 is 5.32 Å². The van der Waals surface area contributed by atoms with Gasteiger partial charge in [-0.1, -0.05) is 55.8 Å². The lowest BCUT2D eigenvalue weighted by Gasteiger charge is -2.34. The number of ketones is 1. The van der Waals surface area contributed by atoms with Gasteiger partial charge in [0.25, 0.3) is 0 Å². The lowest BCUT2D eigenvalue weighted by atomic mass is 9.94. The number of aryl methyl sites for hydroxylation is 1. The van der Waals surface area contributed by atoms with E-state index in [1.807, 2.05) is 14.1 Å². The van der Waals surface area contributed by atoms with E-state index in [0.29, 0.717) is 37.0 Å². The Morgan fingerprint density at radius 3 is 2.33 bits per heavy atom. The van der Waals surface area contributed by atoms with Gasteiger partial charge in [0.2, 0.25) is 10.0 Å². The maximum atomic E-state index is 13.2. The molecule has 2 aromatic rings. The third-order valence-electron chi connectivity index (χ3n) is 6.34. The van der Waals surface area contributed by atoms with Crippen LogP contribution in [0.25, 0.3) is 0 Å². The highest BCUT2D eigenvalue weighted by Crippen LogP contribution is 2.27. The minimum absolute atomic E-state index is 0.117. The Bertz CT molecular complexity index is 1040. The number of likely N-dealkylation sites (N-methyl/N-ethyl adjacent to an activating group) is 1. The number of piperidine rings is 1. The van der Waals surface area contributed by atoms with Crippen LogP contribution in [0, 0.1) is 18.8 Å². The smallest absolute Gasteiger partial charge is 0.243 e. The van der Waals surface area contributed by atoms with Crippen molar-refractivity contribution in [2.24, 2.45) is 11.8 Å². The summed E-state index contributed by atoms with van der Waals surface area (Å²) in [7, 11) is 0.422. The van der Waals surface area contributed by atoms with Crippen LogP contribution in [0.3, 0.4) is 0 Å². The van der Waals surface area contributed by atoms with Crippen LogP contribution in [0.5, 0.6) is 0 Å². The van der Waals surface area contributed by atoms with E-state index >= 15 is 0 Å². The largest absolute Gasteiger partial charge is 0.308 e. The fourth-order valence-electron chi connectivity index (χ4n) is 4.59. The summed E-state index contributed by atoms with van der Waals surface area (Å²) in [4.78, 5) is 15.2. The van der Waals surface area contributed by atoms with E-state index in [4.69, 9.17) is 0 Å². The summed E-state index contributed by atoms with van der Waals surface area (Å²) in [5.74, 6) is 0.542. The molecule has 0 bridgehead atoms. The number of rotatable bonds is 9. The monoisotopic (exact) mass is 471 g/mol. The molecule has 7 heteroatoms.